The summed E-state index contributed by atoms with van der Waals surface area (Å²) in [4.78, 5) is 27.9. The zero-order valence-corrected chi connectivity index (χ0v) is 13.3. The smallest absolute Gasteiger partial charge is 0.320 e. The normalized spacial score (nSPS) is 14.0. The highest BCUT2D eigenvalue weighted by Crippen LogP contribution is 2.31. The third-order valence-corrected chi connectivity index (χ3v) is 3.84. The highest BCUT2D eigenvalue weighted by Gasteiger charge is 2.23. The minimum atomic E-state index is -0.586. The largest absolute Gasteiger partial charge is 0.343 e. The summed E-state index contributed by atoms with van der Waals surface area (Å²) in [6.07, 6.45) is 4.97. The second kappa shape index (κ2) is 6.12. The molecule has 2 amide bonds. The SMILES string of the molecule is CC(C)C(C#N)NC(=O)n1cc(-c2ccnc3c2CC(=O)N3)cn1. The summed E-state index contributed by atoms with van der Waals surface area (Å²) in [6, 6.07) is 2.78. The zero-order chi connectivity index (χ0) is 17.3. The lowest BCUT2D eigenvalue weighted by Crippen LogP contribution is -2.40. The Labute approximate surface area is 138 Å². The minimum Gasteiger partial charge on any atom is -0.320 e. The second-order valence-electron chi connectivity index (χ2n) is 5.88. The van der Waals surface area contributed by atoms with Gasteiger partial charge >= 0.3 is 6.03 Å². The molecule has 3 heterocycles. The van der Waals surface area contributed by atoms with Crippen molar-refractivity contribution in [2.24, 2.45) is 5.92 Å². The zero-order valence-electron chi connectivity index (χ0n) is 13.3. The van der Waals surface area contributed by atoms with E-state index in [-0.39, 0.29) is 18.2 Å². The van der Waals surface area contributed by atoms with Gasteiger partial charge in [0.15, 0.2) is 0 Å². The molecule has 3 rings (SSSR count). The molecule has 2 aromatic heterocycles. The number of rotatable bonds is 3. The molecule has 1 atom stereocenters. The molecular weight excluding hydrogens is 308 g/mol. The van der Waals surface area contributed by atoms with Gasteiger partial charge < -0.3 is 10.6 Å². The van der Waals surface area contributed by atoms with Gasteiger partial charge in [-0.15, -0.1) is 0 Å². The molecule has 8 nitrogen and oxygen atoms in total. The number of amides is 2. The third kappa shape index (κ3) is 2.84. The van der Waals surface area contributed by atoms with E-state index in [4.69, 9.17) is 5.26 Å². The topological polar surface area (TPSA) is 113 Å². The predicted octanol–water partition coefficient (Wildman–Crippen LogP) is 1.55. The maximum absolute atomic E-state index is 12.2. The lowest BCUT2D eigenvalue weighted by molar-refractivity contribution is -0.115. The maximum atomic E-state index is 12.2. The van der Waals surface area contributed by atoms with Crippen molar-refractivity contribution in [3.63, 3.8) is 0 Å². The van der Waals surface area contributed by atoms with Crippen molar-refractivity contribution in [1.29, 1.82) is 5.26 Å². The van der Waals surface area contributed by atoms with Crippen molar-refractivity contribution >= 4 is 17.8 Å². The second-order valence-corrected chi connectivity index (χ2v) is 5.88. The molecule has 1 unspecified atom stereocenters. The average Bonchev–Trinajstić information content (AvgIpc) is 3.17. The molecule has 8 heteroatoms. The Morgan fingerprint density at radius 2 is 2.29 bits per heavy atom. The van der Waals surface area contributed by atoms with Gasteiger partial charge in [-0.3, -0.25) is 4.79 Å². The van der Waals surface area contributed by atoms with Gasteiger partial charge in [0.25, 0.3) is 0 Å². The Morgan fingerprint density at radius 3 is 3.00 bits per heavy atom. The first-order valence-corrected chi connectivity index (χ1v) is 7.53. The van der Waals surface area contributed by atoms with Crippen molar-refractivity contribution in [1.82, 2.24) is 20.1 Å². The number of fused-ring (bicyclic) bond motifs is 1. The van der Waals surface area contributed by atoms with Gasteiger partial charge in [-0.1, -0.05) is 13.8 Å². The molecule has 1 aliphatic rings. The molecule has 0 saturated heterocycles. The van der Waals surface area contributed by atoms with Crippen LogP contribution in [0.2, 0.25) is 0 Å². The number of carbonyl (C=O) groups is 2. The molecule has 0 bridgehead atoms. The lowest BCUT2D eigenvalue weighted by Gasteiger charge is -2.14. The fourth-order valence-electron chi connectivity index (χ4n) is 2.51. The molecular formula is C16H16N6O2. The minimum absolute atomic E-state index is 0.00506. The average molecular weight is 324 g/mol. The predicted molar refractivity (Wildman–Crippen MR) is 86.0 cm³/mol. The van der Waals surface area contributed by atoms with E-state index in [0.717, 1.165) is 15.8 Å². The van der Waals surface area contributed by atoms with Crippen LogP contribution in [0.3, 0.4) is 0 Å². The Hall–Kier alpha value is -3.21. The Kier molecular flexibility index (Phi) is 4.00. The number of carbonyl (C=O) groups excluding carboxylic acids is 2. The first kappa shape index (κ1) is 15.7. The van der Waals surface area contributed by atoms with E-state index >= 15 is 0 Å². The monoisotopic (exact) mass is 324 g/mol. The summed E-state index contributed by atoms with van der Waals surface area (Å²) in [7, 11) is 0. The highest BCUT2D eigenvalue weighted by molar-refractivity contribution is 6.00. The van der Waals surface area contributed by atoms with E-state index in [2.05, 4.69) is 26.8 Å². The molecule has 1 aliphatic heterocycles. The van der Waals surface area contributed by atoms with Crippen molar-refractivity contribution < 1.29 is 9.59 Å². The van der Waals surface area contributed by atoms with Gasteiger partial charge in [0, 0.05) is 23.5 Å². The number of aromatic nitrogens is 3. The van der Waals surface area contributed by atoms with E-state index in [1.165, 1.54) is 0 Å². The summed E-state index contributed by atoms with van der Waals surface area (Å²) < 4.78 is 1.15. The van der Waals surface area contributed by atoms with E-state index in [1.54, 1.807) is 24.7 Å². The number of hydrogen-bond donors (Lipinski definition) is 2. The third-order valence-electron chi connectivity index (χ3n) is 3.84. The Morgan fingerprint density at radius 1 is 1.50 bits per heavy atom. The van der Waals surface area contributed by atoms with Crippen molar-refractivity contribution in [3.8, 4) is 17.2 Å². The molecule has 0 radical (unpaired) electrons. The van der Waals surface area contributed by atoms with Gasteiger partial charge in [0.05, 0.1) is 18.7 Å². The van der Waals surface area contributed by atoms with Crippen LogP contribution in [0.1, 0.15) is 19.4 Å². The summed E-state index contributed by atoms with van der Waals surface area (Å²) in [6.45, 7) is 3.71. The first-order chi connectivity index (χ1) is 11.5. The highest BCUT2D eigenvalue weighted by atomic mass is 16.2. The number of hydrogen-bond acceptors (Lipinski definition) is 5. The van der Waals surface area contributed by atoms with Crippen molar-refractivity contribution in [2.45, 2.75) is 26.3 Å². The Balaban J connectivity index is 1.85. The number of nitrogens with one attached hydrogen (secondary N) is 2. The summed E-state index contributed by atoms with van der Waals surface area (Å²) in [5.41, 5.74) is 2.30. The number of anilines is 1. The van der Waals surface area contributed by atoms with Crippen molar-refractivity contribution in [2.75, 3.05) is 5.32 Å². The molecule has 2 aromatic rings. The van der Waals surface area contributed by atoms with Crippen LogP contribution in [-0.4, -0.2) is 32.7 Å². The van der Waals surface area contributed by atoms with Crippen LogP contribution in [-0.2, 0) is 11.2 Å². The van der Waals surface area contributed by atoms with E-state index in [0.29, 0.717) is 11.4 Å². The fraction of sp³-hybridized carbons (Fsp3) is 0.312. The molecule has 0 aromatic carbocycles. The molecule has 0 fully saturated rings. The van der Waals surface area contributed by atoms with Crippen LogP contribution < -0.4 is 10.6 Å². The quantitative estimate of drug-likeness (QED) is 0.889. The van der Waals surface area contributed by atoms with Crippen LogP contribution >= 0.6 is 0 Å². The molecule has 24 heavy (non-hydrogen) atoms. The number of nitrogens with zero attached hydrogens (tertiary/aromatic N) is 4. The maximum Gasteiger partial charge on any atom is 0.343 e. The molecule has 2 N–H and O–H groups in total. The summed E-state index contributed by atoms with van der Waals surface area (Å²) in [5.74, 6) is 0.428. The van der Waals surface area contributed by atoms with Crippen LogP contribution in [0.4, 0.5) is 10.6 Å². The van der Waals surface area contributed by atoms with Crippen LogP contribution in [0.25, 0.3) is 11.1 Å². The van der Waals surface area contributed by atoms with Crippen LogP contribution in [0.15, 0.2) is 24.7 Å². The van der Waals surface area contributed by atoms with Gasteiger partial charge in [0.2, 0.25) is 5.91 Å². The summed E-state index contributed by atoms with van der Waals surface area (Å²) in [5, 5.41) is 18.4. The van der Waals surface area contributed by atoms with Crippen molar-refractivity contribution in [3.05, 3.63) is 30.2 Å². The standard InChI is InChI=1S/C16H16N6O2/c1-9(2)13(6-17)20-16(24)22-8-10(7-19-22)11-3-4-18-15-12(11)5-14(23)21-15/h3-4,7-9,13H,5H2,1-2H3,(H,20,24)(H,18,21,23). The number of pyridine rings is 1. The van der Waals surface area contributed by atoms with Gasteiger partial charge in [-0.05, 0) is 17.5 Å². The van der Waals surface area contributed by atoms with Crippen LogP contribution in [0, 0.1) is 17.2 Å². The van der Waals surface area contributed by atoms with Gasteiger partial charge in [0.1, 0.15) is 11.9 Å². The van der Waals surface area contributed by atoms with E-state index in [1.807, 2.05) is 13.8 Å². The molecule has 0 spiro atoms. The molecule has 122 valence electrons. The van der Waals surface area contributed by atoms with Gasteiger partial charge in [-0.2, -0.15) is 15.0 Å². The van der Waals surface area contributed by atoms with Gasteiger partial charge in [-0.25, -0.2) is 9.78 Å². The Bertz CT molecular complexity index is 848. The molecule has 0 aliphatic carbocycles. The fourth-order valence-corrected chi connectivity index (χ4v) is 2.51. The first-order valence-electron chi connectivity index (χ1n) is 7.53. The lowest BCUT2D eigenvalue weighted by atomic mass is 10.0. The van der Waals surface area contributed by atoms with E-state index < -0.39 is 12.1 Å². The summed E-state index contributed by atoms with van der Waals surface area (Å²) >= 11 is 0. The van der Waals surface area contributed by atoms with Crippen LogP contribution in [0.5, 0.6) is 0 Å². The van der Waals surface area contributed by atoms with E-state index in [9.17, 15) is 9.59 Å². The molecule has 0 saturated carbocycles. The number of nitriles is 1.